The highest BCUT2D eigenvalue weighted by atomic mass is 16.5. The van der Waals surface area contributed by atoms with E-state index in [1.807, 2.05) is 6.92 Å². The van der Waals surface area contributed by atoms with E-state index in [4.69, 9.17) is 9.84 Å². The number of carboxylic acid groups (broad SMARTS) is 1. The van der Waals surface area contributed by atoms with Crippen molar-refractivity contribution in [2.45, 2.75) is 32.7 Å². The Morgan fingerprint density at radius 2 is 1.95 bits per heavy atom. The lowest BCUT2D eigenvalue weighted by molar-refractivity contribution is -0.142. The van der Waals surface area contributed by atoms with Gasteiger partial charge in [-0.1, -0.05) is 0 Å². The first kappa shape index (κ1) is 19.2. The number of likely N-dealkylation sites (N-methyl/N-ethyl adjacent to an activating group) is 1. The van der Waals surface area contributed by atoms with E-state index < -0.39 is 24.0 Å². The molecule has 0 aromatic carbocycles. The second kappa shape index (κ2) is 10.9. The molecular weight excluding hydrogens is 280 g/mol. The summed E-state index contributed by atoms with van der Waals surface area (Å²) < 4.78 is 9.61. The van der Waals surface area contributed by atoms with Crippen molar-refractivity contribution < 1.29 is 29.0 Å². The molecule has 0 spiro atoms. The Morgan fingerprint density at radius 1 is 1.29 bits per heavy atom. The summed E-state index contributed by atoms with van der Waals surface area (Å²) in [7, 11) is 1.23. The van der Waals surface area contributed by atoms with Gasteiger partial charge in [0.2, 0.25) is 0 Å². The zero-order valence-corrected chi connectivity index (χ0v) is 12.8. The van der Waals surface area contributed by atoms with Crippen molar-refractivity contribution >= 4 is 18.0 Å². The maximum Gasteiger partial charge on any atom is 0.326 e. The Morgan fingerprint density at radius 3 is 2.43 bits per heavy atom. The lowest BCUT2D eigenvalue weighted by Gasteiger charge is -2.23. The van der Waals surface area contributed by atoms with Crippen molar-refractivity contribution in [1.82, 2.24) is 10.2 Å². The summed E-state index contributed by atoms with van der Waals surface area (Å²) in [6, 6.07) is -1.62. The molecule has 0 bridgehead atoms. The summed E-state index contributed by atoms with van der Waals surface area (Å²) >= 11 is 0. The Hall–Kier alpha value is -1.83. The van der Waals surface area contributed by atoms with Gasteiger partial charge in [-0.05, 0) is 20.3 Å². The Balaban J connectivity index is 4.42. The van der Waals surface area contributed by atoms with Crippen LogP contribution in [0.25, 0.3) is 0 Å². The number of aliphatic carboxylic acids is 1. The number of amides is 2. The minimum Gasteiger partial charge on any atom is -0.480 e. The van der Waals surface area contributed by atoms with E-state index in [0.29, 0.717) is 26.3 Å². The van der Waals surface area contributed by atoms with Crippen LogP contribution in [0, 0.1) is 0 Å². The zero-order valence-electron chi connectivity index (χ0n) is 12.8. The zero-order chi connectivity index (χ0) is 16.3. The van der Waals surface area contributed by atoms with E-state index in [2.05, 4.69) is 10.1 Å². The molecule has 0 saturated carbocycles. The van der Waals surface area contributed by atoms with Gasteiger partial charge in [0, 0.05) is 26.1 Å². The number of carboxylic acids is 1. The Bertz CT molecular complexity index is 348. The van der Waals surface area contributed by atoms with Gasteiger partial charge in [-0.25, -0.2) is 9.59 Å². The van der Waals surface area contributed by atoms with Crippen molar-refractivity contribution in [3.63, 3.8) is 0 Å². The molecule has 1 atom stereocenters. The van der Waals surface area contributed by atoms with Gasteiger partial charge < -0.3 is 24.8 Å². The van der Waals surface area contributed by atoms with Gasteiger partial charge in [0.1, 0.15) is 6.04 Å². The average molecular weight is 304 g/mol. The molecule has 0 aromatic heterocycles. The molecule has 8 heteroatoms. The molecular formula is C13H24N2O6. The number of hydrogen-bond acceptors (Lipinski definition) is 5. The average Bonchev–Trinajstić information content (AvgIpc) is 2.46. The van der Waals surface area contributed by atoms with Crippen LogP contribution in [0.2, 0.25) is 0 Å². The van der Waals surface area contributed by atoms with Crippen LogP contribution in [0.3, 0.4) is 0 Å². The Labute approximate surface area is 124 Å². The number of nitrogens with one attached hydrogen (secondary N) is 1. The van der Waals surface area contributed by atoms with Crippen LogP contribution in [0.1, 0.15) is 26.7 Å². The highest BCUT2D eigenvalue weighted by Crippen LogP contribution is 2.01. The van der Waals surface area contributed by atoms with Crippen molar-refractivity contribution in [1.29, 1.82) is 0 Å². The fraction of sp³-hybridized carbons (Fsp3) is 0.769. The first-order chi connectivity index (χ1) is 9.96. The van der Waals surface area contributed by atoms with Crippen molar-refractivity contribution in [2.75, 3.05) is 33.4 Å². The van der Waals surface area contributed by atoms with E-state index in [9.17, 15) is 14.4 Å². The molecule has 0 aliphatic rings. The fourth-order valence-electron chi connectivity index (χ4n) is 1.58. The van der Waals surface area contributed by atoms with Crippen LogP contribution < -0.4 is 5.32 Å². The van der Waals surface area contributed by atoms with Crippen LogP contribution in [0.15, 0.2) is 0 Å². The fourth-order valence-corrected chi connectivity index (χ4v) is 1.58. The van der Waals surface area contributed by atoms with Crippen LogP contribution >= 0.6 is 0 Å². The third kappa shape index (κ3) is 8.13. The molecule has 0 saturated heterocycles. The highest BCUT2D eigenvalue weighted by molar-refractivity contribution is 5.83. The van der Waals surface area contributed by atoms with Crippen LogP contribution in [0.4, 0.5) is 4.79 Å². The predicted molar refractivity (Wildman–Crippen MR) is 74.9 cm³/mol. The van der Waals surface area contributed by atoms with E-state index in [1.165, 1.54) is 12.0 Å². The molecule has 2 N–H and O–H groups in total. The summed E-state index contributed by atoms with van der Waals surface area (Å²) in [5.41, 5.74) is 0. The lowest BCUT2D eigenvalue weighted by atomic mass is 10.1. The van der Waals surface area contributed by atoms with Gasteiger partial charge in [0.25, 0.3) is 0 Å². The number of esters is 1. The minimum absolute atomic E-state index is 0.0171. The quantitative estimate of drug-likeness (QED) is 0.449. The lowest BCUT2D eigenvalue weighted by Crippen LogP contribution is -2.48. The molecule has 8 nitrogen and oxygen atoms in total. The largest absolute Gasteiger partial charge is 0.480 e. The first-order valence-corrected chi connectivity index (χ1v) is 6.89. The maximum absolute atomic E-state index is 12.0. The van der Waals surface area contributed by atoms with Gasteiger partial charge in [0.05, 0.1) is 13.7 Å². The minimum atomic E-state index is -1.19. The number of carbonyl (C=O) groups is 3. The SMILES string of the molecule is CCOCCN(CC)C(=O)N[C@H](CCC(=O)OC)C(=O)O. The second-order valence-corrected chi connectivity index (χ2v) is 4.23. The van der Waals surface area contributed by atoms with Crippen LogP contribution in [-0.4, -0.2) is 67.4 Å². The number of methoxy groups -OCH3 is 1. The van der Waals surface area contributed by atoms with Gasteiger partial charge in [-0.15, -0.1) is 0 Å². The van der Waals surface area contributed by atoms with Gasteiger partial charge in [-0.3, -0.25) is 4.79 Å². The van der Waals surface area contributed by atoms with E-state index >= 15 is 0 Å². The molecule has 0 heterocycles. The third-order valence-electron chi connectivity index (χ3n) is 2.84. The summed E-state index contributed by atoms with van der Waals surface area (Å²) in [5.74, 6) is -1.70. The number of carbonyl (C=O) groups excluding carboxylic acids is 2. The van der Waals surface area contributed by atoms with Gasteiger partial charge >= 0.3 is 18.0 Å². The number of hydrogen-bond donors (Lipinski definition) is 2. The number of nitrogens with zero attached hydrogens (tertiary/aromatic N) is 1. The summed E-state index contributed by atoms with van der Waals surface area (Å²) in [6.45, 7) is 5.38. The van der Waals surface area contributed by atoms with Crippen molar-refractivity contribution in [3.05, 3.63) is 0 Å². The van der Waals surface area contributed by atoms with Crippen molar-refractivity contribution in [2.24, 2.45) is 0 Å². The molecule has 0 aliphatic carbocycles. The molecule has 122 valence electrons. The van der Waals surface area contributed by atoms with Crippen LogP contribution in [0.5, 0.6) is 0 Å². The summed E-state index contributed by atoms with van der Waals surface area (Å²) in [5, 5.41) is 11.5. The molecule has 0 unspecified atom stereocenters. The molecule has 0 rings (SSSR count). The molecule has 0 radical (unpaired) electrons. The molecule has 0 aromatic rings. The molecule has 0 fully saturated rings. The normalized spacial score (nSPS) is 11.6. The molecule has 21 heavy (non-hydrogen) atoms. The predicted octanol–water partition coefficient (Wildman–Crippen LogP) is 0.461. The number of urea groups is 1. The highest BCUT2D eigenvalue weighted by Gasteiger charge is 2.23. The van der Waals surface area contributed by atoms with Gasteiger partial charge in [0.15, 0.2) is 0 Å². The standard InChI is InChI=1S/C13H24N2O6/c1-4-15(8-9-21-5-2)13(19)14-10(12(17)18)6-7-11(16)20-3/h10H,4-9H2,1-3H3,(H,14,19)(H,17,18)/t10-/m1/s1. The smallest absolute Gasteiger partial charge is 0.326 e. The third-order valence-corrected chi connectivity index (χ3v) is 2.84. The number of ether oxygens (including phenoxy) is 2. The second-order valence-electron chi connectivity index (χ2n) is 4.23. The number of rotatable bonds is 10. The summed E-state index contributed by atoms with van der Waals surface area (Å²) in [6.07, 6.45) is -0.0877. The van der Waals surface area contributed by atoms with Crippen molar-refractivity contribution in [3.8, 4) is 0 Å². The first-order valence-electron chi connectivity index (χ1n) is 6.89. The monoisotopic (exact) mass is 304 g/mol. The maximum atomic E-state index is 12.0. The van der Waals surface area contributed by atoms with E-state index in [0.717, 1.165) is 0 Å². The topological polar surface area (TPSA) is 105 Å². The molecule has 0 aliphatic heterocycles. The van der Waals surface area contributed by atoms with E-state index in [1.54, 1.807) is 6.92 Å². The Kier molecular flexibility index (Phi) is 9.95. The molecule has 2 amide bonds. The van der Waals surface area contributed by atoms with E-state index in [-0.39, 0.29) is 12.8 Å². The summed E-state index contributed by atoms with van der Waals surface area (Å²) in [4.78, 5) is 35.6. The van der Waals surface area contributed by atoms with Crippen LogP contribution in [-0.2, 0) is 19.1 Å². The van der Waals surface area contributed by atoms with Gasteiger partial charge in [-0.2, -0.15) is 0 Å².